The third-order valence-corrected chi connectivity index (χ3v) is 4.97. The normalized spacial score (nSPS) is 16.9. The van der Waals surface area contributed by atoms with Crippen molar-refractivity contribution in [2.45, 2.75) is 19.0 Å². The lowest BCUT2D eigenvalue weighted by Crippen LogP contribution is -2.53. The summed E-state index contributed by atoms with van der Waals surface area (Å²) in [6, 6.07) is 2.97. The Morgan fingerprint density at radius 3 is 3.00 bits per heavy atom. The molecule has 1 aliphatic rings. The van der Waals surface area contributed by atoms with Gasteiger partial charge in [-0.2, -0.15) is 10.1 Å². The molecule has 1 amide bonds. The van der Waals surface area contributed by atoms with Crippen LogP contribution in [0, 0.1) is 0 Å². The van der Waals surface area contributed by atoms with Crippen LogP contribution in [-0.4, -0.2) is 66.1 Å². The number of carbonyl (C=O) groups is 1. The van der Waals surface area contributed by atoms with Crippen molar-refractivity contribution in [1.82, 2.24) is 34.5 Å². The van der Waals surface area contributed by atoms with Crippen molar-refractivity contribution in [2.75, 3.05) is 25.0 Å². The van der Waals surface area contributed by atoms with Crippen LogP contribution in [0.2, 0.25) is 0 Å². The Morgan fingerprint density at radius 2 is 2.24 bits per heavy atom. The Balaban J connectivity index is 1.60. The molecular weight excluding hydrogens is 376 g/mol. The fraction of sp³-hybridized carbons (Fsp3) is 0.389. The molecule has 29 heavy (non-hydrogen) atoms. The second-order valence-corrected chi connectivity index (χ2v) is 6.95. The number of rotatable bonds is 5. The maximum Gasteiger partial charge on any atom is 0.407 e. The van der Waals surface area contributed by atoms with Crippen LogP contribution in [0.1, 0.15) is 6.42 Å². The summed E-state index contributed by atoms with van der Waals surface area (Å²) < 4.78 is 3.23. The number of fused-ring (bicyclic) bond motifs is 1. The molecule has 3 N–H and O–H groups in total. The highest BCUT2D eigenvalue weighted by Crippen LogP contribution is 2.16. The van der Waals surface area contributed by atoms with E-state index in [1.54, 1.807) is 33.9 Å². The maximum atomic E-state index is 12.5. The summed E-state index contributed by atoms with van der Waals surface area (Å²) in [4.78, 5) is 34.2. The fourth-order valence-electron chi connectivity index (χ4n) is 3.51. The maximum absolute atomic E-state index is 12.5. The molecule has 0 aliphatic carbocycles. The molecule has 4 rings (SSSR count). The Hall–Kier alpha value is -3.47. The molecule has 0 saturated carbocycles. The van der Waals surface area contributed by atoms with E-state index in [-0.39, 0.29) is 11.6 Å². The molecule has 0 radical (unpaired) electrons. The van der Waals surface area contributed by atoms with Gasteiger partial charge in [0.15, 0.2) is 0 Å². The van der Waals surface area contributed by atoms with Gasteiger partial charge in [0.05, 0.1) is 11.9 Å². The molecule has 1 unspecified atom stereocenters. The van der Waals surface area contributed by atoms with Crippen molar-refractivity contribution in [1.29, 1.82) is 0 Å². The number of nitrogens with zero attached hydrogens (tertiary/aromatic N) is 6. The standard InChI is InChI=1S/C18H22N8O3/c1-24-11-13(9-21-24)22-17-20-8-12-2-3-15(27)26(16(12)23-17)6-4-14-10-19-5-7-25(14)18(28)29/h2-3,8-9,11,14,19H,4-7,10H2,1H3,(H,28,29)(H,20,22,23). The highest BCUT2D eigenvalue weighted by atomic mass is 16.4. The Bertz CT molecular complexity index is 1090. The number of aryl methyl sites for hydroxylation is 2. The van der Waals surface area contributed by atoms with Crippen LogP contribution in [0.25, 0.3) is 11.0 Å². The predicted molar refractivity (Wildman–Crippen MR) is 106 cm³/mol. The van der Waals surface area contributed by atoms with Crippen molar-refractivity contribution in [3.63, 3.8) is 0 Å². The van der Waals surface area contributed by atoms with Gasteiger partial charge in [0.25, 0.3) is 5.56 Å². The van der Waals surface area contributed by atoms with Crippen molar-refractivity contribution in [3.8, 4) is 0 Å². The van der Waals surface area contributed by atoms with Crippen molar-refractivity contribution in [3.05, 3.63) is 41.1 Å². The molecule has 1 fully saturated rings. The second kappa shape index (κ2) is 7.87. The first-order chi connectivity index (χ1) is 14.0. The predicted octanol–water partition coefficient (Wildman–Crippen LogP) is 0.611. The van der Waals surface area contributed by atoms with Gasteiger partial charge in [-0.15, -0.1) is 0 Å². The van der Waals surface area contributed by atoms with E-state index in [2.05, 4.69) is 25.7 Å². The largest absolute Gasteiger partial charge is 0.465 e. The van der Waals surface area contributed by atoms with Gasteiger partial charge in [0, 0.05) is 63.1 Å². The zero-order valence-electron chi connectivity index (χ0n) is 15.9. The topological polar surface area (TPSA) is 130 Å². The summed E-state index contributed by atoms with van der Waals surface area (Å²) in [5, 5.41) is 20.5. The summed E-state index contributed by atoms with van der Waals surface area (Å²) in [5.74, 6) is 0.358. The molecule has 0 bridgehead atoms. The van der Waals surface area contributed by atoms with Crippen molar-refractivity contribution < 1.29 is 9.90 Å². The molecule has 11 heteroatoms. The highest BCUT2D eigenvalue weighted by Gasteiger charge is 2.26. The molecule has 1 aliphatic heterocycles. The van der Waals surface area contributed by atoms with Gasteiger partial charge >= 0.3 is 6.09 Å². The van der Waals surface area contributed by atoms with Gasteiger partial charge in [0.2, 0.25) is 5.95 Å². The van der Waals surface area contributed by atoms with Gasteiger partial charge in [-0.25, -0.2) is 9.78 Å². The number of anilines is 2. The van der Waals surface area contributed by atoms with Crippen LogP contribution in [-0.2, 0) is 13.6 Å². The monoisotopic (exact) mass is 398 g/mol. The lowest BCUT2D eigenvalue weighted by Gasteiger charge is -2.34. The van der Waals surface area contributed by atoms with E-state index < -0.39 is 6.09 Å². The lowest BCUT2D eigenvalue weighted by molar-refractivity contribution is 0.108. The first kappa shape index (κ1) is 18.9. The highest BCUT2D eigenvalue weighted by molar-refractivity contribution is 5.75. The molecule has 1 atom stereocenters. The number of aromatic nitrogens is 5. The zero-order valence-corrected chi connectivity index (χ0v) is 15.9. The Morgan fingerprint density at radius 1 is 1.38 bits per heavy atom. The van der Waals surface area contributed by atoms with E-state index in [4.69, 9.17) is 0 Å². The van der Waals surface area contributed by atoms with Gasteiger partial charge in [0.1, 0.15) is 5.65 Å². The number of piperazine rings is 1. The summed E-state index contributed by atoms with van der Waals surface area (Å²) in [5.41, 5.74) is 1.06. The molecule has 11 nitrogen and oxygen atoms in total. The lowest BCUT2D eigenvalue weighted by atomic mass is 10.1. The van der Waals surface area contributed by atoms with Crippen LogP contribution < -0.4 is 16.2 Å². The average molecular weight is 398 g/mol. The number of hydrogen-bond acceptors (Lipinski definition) is 7. The molecule has 1 saturated heterocycles. The average Bonchev–Trinajstić information content (AvgIpc) is 3.12. The van der Waals surface area contributed by atoms with Crippen molar-refractivity contribution in [2.24, 2.45) is 7.05 Å². The van der Waals surface area contributed by atoms with Gasteiger partial charge < -0.3 is 20.6 Å². The first-order valence-corrected chi connectivity index (χ1v) is 9.34. The van der Waals surface area contributed by atoms with Gasteiger partial charge in [-0.1, -0.05) is 0 Å². The molecular formula is C18H22N8O3. The van der Waals surface area contributed by atoms with E-state index in [0.29, 0.717) is 44.2 Å². The van der Waals surface area contributed by atoms with E-state index >= 15 is 0 Å². The number of carboxylic acid groups (broad SMARTS) is 1. The number of pyridine rings is 1. The Labute approximate surface area is 166 Å². The minimum Gasteiger partial charge on any atom is -0.465 e. The smallest absolute Gasteiger partial charge is 0.407 e. The van der Waals surface area contributed by atoms with E-state index in [0.717, 1.165) is 11.1 Å². The third-order valence-electron chi connectivity index (χ3n) is 4.97. The summed E-state index contributed by atoms with van der Waals surface area (Å²) >= 11 is 0. The van der Waals surface area contributed by atoms with Crippen LogP contribution in [0.15, 0.2) is 35.5 Å². The molecule has 0 aromatic carbocycles. The first-order valence-electron chi connectivity index (χ1n) is 9.34. The molecule has 4 heterocycles. The molecule has 152 valence electrons. The van der Waals surface area contributed by atoms with Gasteiger partial charge in [-0.05, 0) is 12.5 Å². The second-order valence-electron chi connectivity index (χ2n) is 6.95. The van der Waals surface area contributed by atoms with E-state index in [1.807, 2.05) is 7.05 Å². The summed E-state index contributed by atoms with van der Waals surface area (Å²) in [6.07, 6.45) is 4.67. The van der Waals surface area contributed by atoms with Crippen LogP contribution in [0.5, 0.6) is 0 Å². The number of nitrogens with one attached hydrogen (secondary N) is 2. The molecule has 0 spiro atoms. The van der Waals surface area contributed by atoms with Crippen molar-refractivity contribution >= 4 is 28.8 Å². The van der Waals surface area contributed by atoms with Gasteiger partial charge in [-0.3, -0.25) is 14.0 Å². The summed E-state index contributed by atoms with van der Waals surface area (Å²) in [6.45, 7) is 1.99. The Kier molecular flexibility index (Phi) is 5.12. The minimum atomic E-state index is -0.938. The zero-order chi connectivity index (χ0) is 20.4. The van der Waals surface area contributed by atoms with Crippen LogP contribution in [0.3, 0.4) is 0 Å². The molecule has 3 aromatic rings. The quantitative estimate of drug-likeness (QED) is 0.570. The van der Waals surface area contributed by atoms with Crippen LogP contribution >= 0.6 is 0 Å². The number of hydrogen-bond donors (Lipinski definition) is 3. The third kappa shape index (κ3) is 4.04. The van der Waals surface area contributed by atoms with E-state index in [9.17, 15) is 14.7 Å². The van der Waals surface area contributed by atoms with E-state index in [1.165, 1.54) is 11.0 Å². The molecule has 3 aromatic heterocycles. The summed E-state index contributed by atoms with van der Waals surface area (Å²) in [7, 11) is 1.81. The minimum absolute atomic E-state index is 0.186. The fourth-order valence-corrected chi connectivity index (χ4v) is 3.51. The van der Waals surface area contributed by atoms with Crippen LogP contribution in [0.4, 0.5) is 16.4 Å². The SMILES string of the molecule is Cn1cc(Nc2ncc3ccc(=O)n(CCC4CNCCN4C(=O)O)c3n2)cn1. The number of amides is 1.